The van der Waals surface area contributed by atoms with Crippen molar-refractivity contribution in [3.05, 3.63) is 35.4 Å². The van der Waals surface area contributed by atoms with Gasteiger partial charge < -0.3 is 10.5 Å². The van der Waals surface area contributed by atoms with Crippen LogP contribution in [0.4, 0.5) is 0 Å². The molecule has 1 aromatic rings. The van der Waals surface area contributed by atoms with Gasteiger partial charge in [-0.3, -0.25) is 4.90 Å². The predicted octanol–water partition coefficient (Wildman–Crippen LogP) is 2.11. The molecule has 0 saturated carbocycles. The van der Waals surface area contributed by atoms with Crippen LogP contribution in [-0.4, -0.2) is 36.7 Å². The summed E-state index contributed by atoms with van der Waals surface area (Å²) in [6, 6.07) is 9.09. The number of nitrogens with two attached hydrogens (primary N) is 1. The molecule has 3 nitrogen and oxygen atoms in total. The molecular weight excluding hydrogens is 236 g/mol. The van der Waals surface area contributed by atoms with Gasteiger partial charge in [-0.1, -0.05) is 24.3 Å². The van der Waals surface area contributed by atoms with E-state index in [9.17, 15) is 0 Å². The van der Waals surface area contributed by atoms with Crippen LogP contribution < -0.4 is 5.73 Å². The molecule has 0 bridgehead atoms. The molecule has 0 amide bonds. The van der Waals surface area contributed by atoms with Gasteiger partial charge in [0.15, 0.2) is 0 Å². The Kier molecular flexibility index (Phi) is 3.87. The molecule has 19 heavy (non-hydrogen) atoms. The average Bonchev–Trinajstić information content (AvgIpc) is 2.84. The van der Waals surface area contributed by atoms with E-state index in [2.05, 4.69) is 36.1 Å². The van der Waals surface area contributed by atoms with Gasteiger partial charge in [0.1, 0.15) is 0 Å². The van der Waals surface area contributed by atoms with E-state index >= 15 is 0 Å². The van der Waals surface area contributed by atoms with Crippen LogP contribution in [0.1, 0.15) is 36.9 Å². The summed E-state index contributed by atoms with van der Waals surface area (Å²) in [5.41, 5.74) is 8.91. The van der Waals surface area contributed by atoms with E-state index in [-0.39, 0.29) is 0 Å². The number of rotatable bonds is 3. The number of nitrogens with zero attached hydrogens (tertiary/aromatic N) is 1. The summed E-state index contributed by atoms with van der Waals surface area (Å²) in [7, 11) is 0. The van der Waals surface area contributed by atoms with E-state index in [1.54, 1.807) is 0 Å². The van der Waals surface area contributed by atoms with Gasteiger partial charge in [0.2, 0.25) is 0 Å². The first kappa shape index (κ1) is 13.1. The predicted molar refractivity (Wildman–Crippen MR) is 77.1 cm³/mol. The summed E-state index contributed by atoms with van der Waals surface area (Å²) in [5, 5.41) is 0. The topological polar surface area (TPSA) is 38.5 Å². The molecule has 104 valence electrons. The number of hydrogen-bond acceptors (Lipinski definition) is 3. The van der Waals surface area contributed by atoms with Crippen molar-refractivity contribution in [1.82, 2.24) is 4.90 Å². The Labute approximate surface area is 115 Å². The van der Waals surface area contributed by atoms with Crippen molar-refractivity contribution >= 4 is 0 Å². The Bertz CT molecular complexity index is 435. The molecule has 1 fully saturated rings. The highest BCUT2D eigenvalue weighted by molar-refractivity contribution is 5.32. The quantitative estimate of drug-likeness (QED) is 0.904. The molecule has 2 N–H and O–H groups in total. The number of ether oxygens (including phenoxy) is 1. The van der Waals surface area contributed by atoms with Gasteiger partial charge in [-0.15, -0.1) is 0 Å². The Hall–Kier alpha value is -0.900. The zero-order chi connectivity index (χ0) is 13.2. The van der Waals surface area contributed by atoms with E-state index in [4.69, 9.17) is 10.5 Å². The zero-order valence-corrected chi connectivity index (χ0v) is 11.7. The van der Waals surface area contributed by atoms with Gasteiger partial charge in [0.25, 0.3) is 0 Å². The second kappa shape index (κ2) is 5.61. The second-order valence-electron chi connectivity index (χ2n) is 5.84. The first-order valence-corrected chi connectivity index (χ1v) is 7.45. The van der Waals surface area contributed by atoms with Crippen molar-refractivity contribution < 1.29 is 4.74 Å². The fraction of sp³-hybridized carbons (Fsp3) is 0.625. The maximum atomic E-state index is 6.03. The lowest BCUT2D eigenvalue weighted by molar-refractivity contribution is 0.0200. The molecule has 3 unspecified atom stereocenters. The molecule has 1 aromatic carbocycles. The molecule has 2 heterocycles. The molecule has 0 aliphatic carbocycles. The van der Waals surface area contributed by atoms with E-state index in [0.29, 0.717) is 24.8 Å². The summed E-state index contributed by atoms with van der Waals surface area (Å²) >= 11 is 0. The van der Waals surface area contributed by atoms with Crippen molar-refractivity contribution in [3.8, 4) is 0 Å². The Morgan fingerprint density at radius 2 is 2.16 bits per heavy atom. The molecule has 0 radical (unpaired) electrons. The molecule has 0 spiro atoms. The van der Waals surface area contributed by atoms with Crippen molar-refractivity contribution in [1.29, 1.82) is 0 Å². The third-order valence-corrected chi connectivity index (χ3v) is 4.50. The van der Waals surface area contributed by atoms with Crippen molar-refractivity contribution in [2.75, 3.05) is 19.6 Å². The number of hydrogen-bond donors (Lipinski definition) is 1. The number of fused-ring (bicyclic) bond motifs is 1. The van der Waals surface area contributed by atoms with Crippen molar-refractivity contribution in [3.63, 3.8) is 0 Å². The van der Waals surface area contributed by atoms with Crippen LogP contribution in [0.3, 0.4) is 0 Å². The normalized spacial score (nSPS) is 31.4. The highest BCUT2D eigenvalue weighted by atomic mass is 16.5. The Morgan fingerprint density at radius 1 is 1.32 bits per heavy atom. The SMILES string of the molecule is CC1CCC(CN2CCc3ccccc3C2CN)O1. The minimum Gasteiger partial charge on any atom is -0.374 e. The monoisotopic (exact) mass is 260 g/mol. The van der Waals surface area contributed by atoms with Crippen LogP contribution in [-0.2, 0) is 11.2 Å². The maximum Gasteiger partial charge on any atom is 0.0706 e. The summed E-state index contributed by atoms with van der Waals surface area (Å²) in [6.07, 6.45) is 4.35. The van der Waals surface area contributed by atoms with Gasteiger partial charge in [-0.05, 0) is 37.3 Å². The lowest BCUT2D eigenvalue weighted by Gasteiger charge is -2.38. The van der Waals surface area contributed by atoms with Crippen LogP contribution in [0, 0.1) is 0 Å². The van der Waals surface area contributed by atoms with E-state index in [1.165, 1.54) is 24.0 Å². The summed E-state index contributed by atoms with van der Waals surface area (Å²) in [4.78, 5) is 2.52. The van der Waals surface area contributed by atoms with Gasteiger partial charge in [0, 0.05) is 25.7 Å². The molecule has 3 atom stereocenters. The lowest BCUT2D eigenvalue weighted by Crippen LogP contribution is -2.43. The highest BCUT2D eigenvalue weighted by Gasteiger charge is 2.30. The minimum absolute atomic E-state index is 0.365. The molecule has 3 rings (SSSR count). The maximum absolute atomic E-state index is 6.03. The third kappa shape index (κ3) is 2.69. The van der Waals surface area contributed by atoms with Crippen LogP contribution in [0.25, 0.3) is 0 Å². The molecule has 0 aromatic heterocycles. The Morgan fingerprint density at radius 3 is 2.89 bits per heavy atom. The van der Waals surface area contributed by atoms with E-state index in [0.717, 1.165) is 19.5 Å². The van der Waals surface area contributed by atoms with Crippen LogP contribution >= 0.6 is 0 Å². The van der Waals surface area contributed by atoms with Crippen molar-refractivity contribution in [2.45, 2.75) is 44.4 Å². The fourth-order valence-electron chi connectivity index (χ4n) is 3.48. The van der Waals surface area contributed by atoms with Crippen LogP contribution in [0.5, 0.6) is 0 Å². The average molecular weight is 260 g/mol. The molecule has 2 aliphatic heterocycles. The first-order valence-electron chi connectivity index (χ1n) is 7.45. The standard InChI is InChI=1S/C16H24N2O/c1-12-6-7-14(19-12)11-18-9-8-13-4-2-3-5-15(13)16(18)10-17/h2-5,12,14,16H,6-11,17H2,1H3. The zero-order valence-electron chi connectivity index (χ0n) is 11.7. The van der Waals surface area contributed by atoms with Gasteiger partial charge in [-0.25, -0.2) is 0 Å². The smallest absolute Gasteiger partial charge is 0.0706 e. The van der Waals surface area contributed by atoms with Gasteiger partial charge >= 0.3 is 0 Å². The summed E-state index contributed by atoms with van der Waals surface area (Å²) in [5.74, 6) is 0. The highest BCUT2D eigenvalue weighted by Crippen LogP contribution is 2.30. The molecule has 1 saturated heterocycles. The number of benzene rings is 1. The summed E-state index contributed by atoms with van der Waals surface area (Å²) in [6.45, 7) is 5.00. The lowest BCUT2D eigenvalue weighted by atomic mass is 9.92. The molecular formula is C16H24N2O. The largest absolute Gasteiger partial charge is 0.374 e. The van der Waals surface area contributed by atoms with E-state index < -0.39 is 0 Å². The third-order valence-electron chi connectivity index (χ3n) is 4.50. The first-order chi connectivity index (χ1) is 9.28. The van der Waals surface area contributed by atoms with E-state index in [1.807, 2.05) is 0 Å². The van der Waals surface area contributed by atoms with Crippen molar-refractivity contribution in [2.24, 2.45) is 5.73 Å². The Balaban J connectivity index is 1.73. The summed E-state index contributed by atoms with van der Waals surface area (Å²) < 4.78 is 5.96. The molecule has 3 heteroatoms. The van der Waals surface area contributed by atoms with Gasteiger partial charge in [-0.2, -0.15) is 0 Å². The van der Waals surface area contributed by atoms with Crippen LogP contribution in [0.15, 0.2) is 24.3 Å². The second-order valence-corrected chi connectivity index (χ2v) is 5.84. The molecule has 2 aliphatic rings. The van der Waals surface area contributed by atoms with Crippen LogP contribution in [0.2, 0.25) is 0 Å². The fourth-order valence-corrected chi connectivity index (χ4v) is 3.48. The minimum atomic E-state index is 0.365. The van der Waals surface area contributed by atoms with Gasteiger partial charge in [0.05, 0.1) is 12.2 Å².